The molecule has 0 amide bonds. The molecule has 5 nitrogen and oxygen atoms in total. The lowest BCUT2D eigenvalue weighted by atomic mass is 10.0. The van der Waals surface area contributed by atoms with Crippen LogP contribution in [0.3, 0.4) is 0 Å². The van der Waals surface area contributed by atoms with Gasteiger partial charge in [0.1, 0.15) is 0 Å². The molecule has 1 aromatic carbocycles. The van der Waals surface area contributed by atoms with E-state index >= 15 is 0 Å². The number of hydrogen-bond donors (Lipinski definition) is 0. The molecular weight excluding hydrogens is 278 g/mol. The van der Waals surface area contributed by atoms with Crippen LogP contribution in [0.5, 0.6) is 0 Å². The Morgan fingerprint density at radius 1 is 1.35 bits per heavy atom. The van der Waals surface area contributed by atoms with Crippen LogP contribution in [0.2, 0.25) is 0 Å². The number of hydrogen-bond acceptors (Lipinski definition) is 4. The van der Waals surface area contributed by atoms with Crippen molar-refractivity contribution in [1.82, 2.24) is 0 Å². The van der Waals surface area contributed by atoms with Crippen LogP contribution in [-0.4, -0.2) is 33.8 Å². The predicted octanol–water partition coefficient (Wildman–Crippen LogP) is 1.72. The molecule has 0 aliphatic carbocycles. The number of rotatable bonds is 5. The van der Waals surface area contributed by atoms with Crippen LogP contribution in [0.4, 0.5) is 5.69 Å². The van der Waals surface area contributed by atoms with Gasteiger partial charge >= 0.3 is 5.97 Å². The first kappa shape index (κ1) is 14.8. The van der Waals surface area contributed by atoms with Crippen molar-refractivity contribution in [3.63, 3.8) is 0 Å². The highest BCUT2D eigenvalue weighted by atomic mass is 32.2. The summed E-state index contributed by atoms with van der Waals surface area (Å²) in [5.74, 6) is -0.407. The molecule has 6 heteroatoms. The normalized spacial score (nSPS) is 14.8. The summed E-state index contributed by atoms with van der Waals surface area (Å²) in [7, 11) is -2.07. The molecule has 1 aliphatic heterocycles. The number of esters is 1. The van der Waals surface area contributed by atoms with Crippen LogP contribution in [0, 0.1) is 0 Å². The molecule has 0 radical (unpaired) electrons. The summed E-state index contributed by atoms with van der Waals surface area (Å²) in [4.78, 5) is 11.0. The number of ether oxygens (including phenoxy) is 1. The van der Waals surface area contributed by atoms with E-state index in [-0.39, 0.29) is 24.6 Å². The van der Waals surface area contributed by atoms with E-state index < -0.39 is 10.0 Å². The molecule has 1 aliphatic rings. The van der Waals surface area contributed by atoms with Crippen LogP contribution in [-0.2, 0) is 26.0 Å². The Labute approximate surface area is 119 Å². The fourth-order valence-electron chi connectivity index (χ4n) is 2.40. The van der Waals surface area contributed by atoms with Crippen LogP contribution >= 0.6 is 0 Å². The molecule has 0 atom stereocenters. The van der Waals surface area contributed by atoms with Crippen LogP contribution < -0.4 is 4.31 Å². The number of benzene rings is 1. The van der Waals surface area contributed by atoms with Crippen molar-refractivity contribution in [2.75, 3.05) is 23.7 Å². The lowest BCUT2D eigenvalue weighted by Crippen LogP contribution is -2.37. The second-order valence-electron chi connectivity index (χ2n) is 4.80. The molecule has 1 heterocycles. The number of methoxy groups -OCH3 is 1. The summed E-state index contributed by atoms with van der Waals surface area (Å²) in [6, 6.07) is 7.57. The highest BCUT2D eigenvalue weighted by Gasteiger charge is 2.26. The van der Waals surface area contributed by atoms with Crippen molar-refractivity contribution in [3.05, 3.63) is 29.8 Å². The van der Waals surface area contributed by atoms with Gasteiger partial charge in [-0.25, -0.2) is 8.42 Å². The average Bonchev–Trinajstić information content (AvgIpc) is 2.46. The molecule has 0 bridgehead atoms. The quantitative estimate of drug-likeness (QED) is 0.776. The van der Waals surface area contributed by atoms with Crippen molar-refractivity contribution < 1.29 is 17.9 Å². The maximum atomic E-state index is 12.4. The molecule has 0 fully saturated rings. The van der Waals surface area contributed by atoms with E-state index in [1.165, 1.54) is 11.4 Å². The van der Waals surface area contributed by atoms with Crippen molar-refractivity contribution >= 4 is 21.7 Å². The summed E-state index contributed by atoms with van der Waals surface area (Å²) in [6.07, 6.45) is 2.15. The zero-order valence-corrected chi connectivity index (χ0v) is 12.4. The van der Waals surface area contributed by atoms with E-state index in [0.717, 1.165) is 24.1 Å². The third-order valence-corrected chi connectivity index (χ3v) is 5.27. The Balaban J connectivity index is 2.09. The highest BCUT2D eigenvalue weighted by molar-refractivity contribution is 7.92. The summed E-state index contributed by atoms with van der Waals surface area (Å²) in [6.45, 7) is 0.511. The highest BCUT2D eigenvalue weighted by Crippen LogP contribution is 2.29. The Morgan fingerprint density at radius 3 is 2.85 bits per heavy atom. The molecule has 110 valence electrons. The van der Waals surface area contributed by atoms with E-state index in [1.807, 2.05) is 24.3 Å². The van der Waals surface area contributed by atoms with Gasteiger partial charge in [-0.15, -0.1) is 0 Å². The monoisotopic (exact) mass is 297 g/mol. The second kappa shape index (κ2) is 6.26. The third kappa shape index (κ3) is 3.30. The van der Waals surface area contributed by atoms with Crippen LogP contribution in [0.15, 0.2) is 24.3 Å². The lowest BCUT2D eigenvalue weighted by molar-refractivity contribution is -0.140. The minimum absolute atomic E-state index is 0.0313. The summed E-state index contributed by atoms with van der Waals surface area (Å²) < 4.78 is 30.8. The zero-order valence-electron chi connectivity index (χ0n) is 11.5. The van der Waals surface area contributed by atoms with Crippen LogP contribution in [0.1, 0.15) is 24.8 Å². The van der Waals surface area contributed by atoms with Crippen molar-refractivity contribution in [2.45, 2.75) is 25.7 Å². The van der Waals surface area contributed by atoms with Gasteiger partial charge in [-0.2, -0.15) is 0 Å². The second-order valence-corrected chi connectivity index (χ2v) is 6.81. The molecule has 0 unspecified atom stereocenters. The minimum Gasteiger partial charge on any atom is -0.469 e. The van der Waals surface area contributed by atoms with Crippen molar-refractivity contribution in [2.24, 2.45) is 0 Å². The number of para-hydroxylation sites is 1. The third-order valence-electron chi connectivity index (χ3n) is 3.41. The number of anilines is 1. The summed E-state index contributed by atoms with van der Waals surface area (Å²) in [5.41, 5.74) is 1.84. The minimum atomic E-state index is -3.38. The van der Waals surface area contributed by atoms with Gasteiger partial charge in [0, 0.05) is 13.0 Å². The van der Waals surface area contributed by atoms with E-state index in [9.17, 15) is 13.2 Å². The fraction of sp³-hybridized carbons (Fsp3) is 0.500. The Hall–Kier alpha value is -1.56. The van der Waals surface area contributed by atoms with Gasteiger partial charge < -0.3 is 4.74 Å². The van der Waals surface area contributed by atoms with Gasteiger partial charge in [-0.05, 0) is 30.9 Å². The maximum Gasteiger partial charge on any atom is 0.305 e. The van der Waals surface area contributed by atoms with Gasteiger partial charge in [0.05, 0.1) is 18.6 Å². The van der Waals surface area contributed by atoms with Gasteiger partial charge in [0.25, 0.3) is 0 Å². The summed E-state index contributed by atoms with van der Waals surface area (Å²) in [5, 5.41) is 0. The van der Waals surface area contributed by atoms with Crippen molar-refractivity contribution in [3.8, 4) is 0 Å². The lowest BCUT2D eigenvalue weighted by Gasteiger charge is -2.30. The predicted molar refractivity (Wildman–Crippen MR) is 77.1 cm³/mol. The van der Waals surface area contributed by atoms with E-state index in [2.05, 4.69) is 4.74 Å². The van der Waals surface area contributed by atoms with Crippen molar-refractivity contribution in [1.29, 1.82) is 0 Å². The molecular formula is C14H19NO4S. The first-order valence-corrected chi connectivity index (χ1v) is 8.30. The molecule has 0 saturated carbocycles. The Kier molecular flexibility index (Phi) is 4.65. The molecule has 0 saturated heterocycles. The van der Waals surface area contributed by atoms with E-state index in [0.29, 0.717) is 6.54 Å². The smallest absolute Gasteiger partial charge is 0.305 e. The Bertz CT molecular complexity index is 583. The van der Waals surface area contributed by atoms with E-state index in [1.54, 1.807) is 0 Å². The number of nitrogens with zero attached hydrogens (tertiary/aromatic N) is 1. The molecule has 0 aromatic heterocycles. The van der Waals surface area contributed by atoms with Gasteiger partial charge in [-0.3, -0.25) is 9.10 Å². The standard InChI is InChI=1S/C14H19NO4S/c1-19-14(16)9-5-11-20(17,18)15-10-4-7-12-6-2-3-8-13(12)15/h2-3,6,8H,4-5,7,9-11H2,1H3. The largest absolute Gasteiger partial charge is 0.469 e. The number of sulfonamides is 1. The number of fused-ring (bicyclic) bond motifs is 1. The fourth-order valence-corrected chi connectivity index (χ4v) is 4.01. The van der Waals surface area contributed by atoms with Gasteiger partial charge in [-0.1, -0.05) is 18.2 Å². The topological polar surface area (TPSA) is 63.7 Å². The zero-order chi connectivity index (χ0) is 14.6. The number of carbonyl (C=O) groups is 1. The van der Waals surface area contributed by atoms with Crippen LogP contribution in [0.25, 0.3) is 0 Å². The van der Waals surface area contributed by atoms with Gasteiger partial charge in [0.15, 0.2) is 0 Å². The maximum absolute atomic E-state index is 12.4. The number of aryl methyl sites for hydroxylation is 1. The first-order chi connectivity index (χ1) is 9.54. The molecule has 1 aromatic rings. The SMILES string of the molecule is COC(=O)CCCS(=O)(=O)N1CCCc2ccccc21. The molecule has 20 heavy (non-hydrogen) atoms. The Morgan fingerprint density at radius 2 is 2.10 bits per heavy atom. The van der Waals surface area contributed by atoms with E-state index in [4.69, 9.17) is 0 Å². The molecule has 0 spiro atoms. The number of carbonyl (C=O) groups excluding carboxylic acids is 1. The summed E-state index contributed by atoms with van der Waals surface area (Å²) >= 11 is 0. The average molecular weight is 297 g/mol. The first-order valence-electron chi connectivity index (χ1n) is 6.70. The molecule has 2 rings (SSSR count). The molecule has 0 N–H and O–H groups in total. The van der Waals surface area contributed by atoms with Gasteiger partial charge in [0.2, 0.25) is 10.0 Å².